The molecule has 0 aliphatic carbocycles. The van der Waals surface area contributed by atoms with Crippen LogP contribution in [-0.4, -0.2) is 36.4 Å². The molecule has 2 aromatic rings. The Morgan fingerprint density at radius 1 is 1.04 bits per heavy atom. The minimum absolute atomic E-state index is 0.257. The molecule has 0 bridgehead atoms. The number of rotatable bonds is 4. The van der Waals surface area contributed by atoms with Crippen LogP contribution >= 0.6 is 11.6 Å². The number of benzene rings is 2. The number of hydrogen-bond donors (Lipinski definition) is 1. The second-order valence-electron chi connectivity index (χ2n) is 6.78. The molecular weight excluding hydrogens is 338 g/mol. The molecule has 1 saturated heterocycles. The van der Waals surface area contributed by atoms with E-state index in [4.69, 9.17) is 21.1 Å². The fraction of sp³-hybridized carbons (Fsp3) is 0.400. The maximum absolute atomic E-state index is 11.1. The van der Waals surface area contributed by atoms with Crippen LogP contribution in [0.4, 0.5) is 0 Å². The lowest BCUT2D eigenvalue weighted by Gasteiger charge is -2.38. The van der Waals surface area contributed by atoms with Gasteiger partial charge < -0.3 is 19.5 Å². The van der Waals surface area contributed by atoms with Gasteiger partial charge in [-0.05, 0) is 48.6 Å². The predicted molar refractivity (Wildman–Crippen MR) is 97.3 cm³/mol. The van der Waals surface area contributed by atoms with E-state index in [1.165, 1.54) is 5.56 Å². The van der Waals surface area contributed by atoms with Crippen molar-refractivity contribution in [2.75, 3.05) is 26.4 Å². The number of halogens is 1. The third-order valence-corrected chi connectivity index (χ3v) is 5.62. The van der Waals surface area contributed by atoms with Crippen molar-refractivity contribution < 1.29 is 14.6 Å². The Hall–Kier alpha value is -1.75. The fourth-order valence-electron chi connectivity index (χ4n) is 3.60. The van der Waals surface area contributed by atoms with Crippen molar-refractivity contribution in [3.8, 4) is 11.5 Å². The molecule has 0 unspecified atom stereocenters. The Kier molecular flexibility index (Phi) is 4.59. The van der Waals surface area contributed by atoms with E-state index in [1.54, 1.807) is 0 Å². The third kappa shape index (κ3) is 3.47. The smallest absolute Gasteiger partial charge is 0.231 e. The van der Waals surface area contributed by atoms with Gasteiger partial charge in [0.15, 0.2) is 11.5 Å². The number of fused-ring (bicyclic) bond motifs is 1. The van der Waals surface area contributed by atoms with E-state index in [0.29, 0.717) is 0 Å². The largest absolute Gasteiger partial charge is 0.454 e. The Labute approximate surface area is 152 Å². The van der Waals surface area contributed by atoms with E-state index >= 15 is 0 Å². The summed E-state index contributed by atoms with van der Waals surface area (Å²) in [5, 5.41) is 11.9. The first-order chi connectivity index (χ1) is 12.1. The van der Waals surface area contributed by atoms with Gasteiger partial charge in [0.2, 0.25) is 6.79 Å². The highest BCUT2D eigenvalue weighted by molar-refractivity contribution is 6.31. The molecule has 132 valence electrons. The van der Waals surface area contributed by atoms with Gasteiger partial charge >= 0.3 is 0 Å². The van der Waals surface area contributed by atoms with Crippen molar-refractivity contribution in [2.24, 2.45) is 0 Å². The van der Waals surface area contributed by atoms with Crippen molar-refractivity contribution in [2.45, 2.75) is 24.9 Å². The van der Waals surface area contributed by atoms with Gasteiger partial charge in [-0.25, -0.2) is 0 Å². The normalized spacial score (nSPS) is 19.1. The van der Waals surface area contributed by atoms with Gasteiger partial charge in [-0.15, -0.1) is 0 Å². The van der Waals surface area contributed by atoms with Crippen molar-refractivity contribution >= 4 is 11.6 Å². The van der Waals surface area contributed by atoms with Crippen molar-refractivity contribution in [1.82, 2.24) is 4.90 Å². The molecule has 0 amide bonds. The average molecular weight is 360 g/mol. The number of hydrogen-bond acceptors (Lipinski definition) is 4. The minimum Gasteiger partial charge on any atom is -0.454 e. The van der Waals surface area contributed by atoms with Crippen LogP contribution in [-0.2, 0) is 12.0 Å². The van der Waals surface area contributed by atoms with Crippen LogP contribution in [0.15, 0.2) is 42.5 Å². The minimum atomic E-state index is -0.790. The maximum Gasteiger partial charge on any atom is 0.231 e. The Morgan fingerprint density at radius 2 is 1.80 bits per heavy atom. The molecule has 2 aromatic carbocycles. The molecule has 4 nitrogen and oxygen atoms in total. The first kappa shape index (κ1) is 16.7. The van der Waals surface area contributed by atoms with Gasteiger partial charge in [0.25, 0.3) is 0 Å². The van der Waals surface area contributed by atoms with Gasteiger partial charge in [0, 0.05) is 24.7 Å². The molecule has 0 spiro atoms. The second-order valence-corrected chi connectivity index (χ2v) is 7.19. The standard InChI is InChI=1S/C20H22ClNO3/c21-17-4-2-1-3-15(17)7-10-22-11-8-20(23,9-12-22)16-5-6-18-19(13-16)25-14-24-18/h1-6,13,23H,7-12,14H2. The number of ether oxygens (including phenoxy) is 2. The van der Waals surface area contributed by atoms with Crippen LogP contribution in [0, 0.1) is 0 Å². The Balaban J connectivity index is 1.37. The molecule has 2 aliphatic rings. The number of likely N-dealkylation sites (tertiary alicyclic amines) is 1. The molecule has 4 rings (SSSR count). The molecule has 1 fully saturated rings. The van der Waals surface area contributed by atoms with Gasteiger partial charge in [0.05, 0.1) is 5.60 Å². The molecule has 0 saturated carbocycles. The quantitative estimate of drug-likeness (QED) is 0.905. The zero-order chi connectivity index (χ0) is 17.3. The van der Waals surface area contributed by atoms with Crippen LogP contribution in [0.5, 0.6) is 11.5 Å². The summed E-state index contributed by atoms with van der Waals surface area (Å²) in [6.45, 7) is 2.96. The van der Waals surface area contributed by atoms with E-state index in [9.17, 15) is 5.11 Å². The summed E-state index contributed by atoms with van der Waals surface area (Å²) in [6, 6.07) is 13.8. The lowest BCUT2D eigenvalue weighted by molar-refractivity contribution is -0.0256. The Bertz CT molecular complexity index is 756. The van der Waals surface area contributed by atoms with E-state index in [0.717, 1.165) is 61.0 Å². The monoisotopic (exact) mass is 359 g/mol. The van der Waals surface area contributed by atoms with Gasteiger partial charge in [-0.2, -0.15) is 0 Å². The molecular formula is C20H22ClNO3. The second kappa shape index (κ2) is 6.87. The summed E-state index contributed by atoms with van der Waals surface area (Å²) in [7, 11) is 0. The van der Waals surface area contributed by atoms with Crippen LogP contribution in [0.1, 0.15) is 24.0 Å². The lowest BCUT2D eigenvalue weighted by atomic mass is 9.84. The molecule has 2 aliphatic heterocycles. The van der Waals surface area contributed by atoms with Crippen LogP contribution in [0.25, 0.3) is 0 Å². The number of nitrogens with zero attached hydrogens (tertiary/aromatic N) is 1. The zero-order valence-electron chi connectivity index (χ0n) is 14.1. The predicted octanol–water partition coefficient (Wildman–Crippen LogP) is 3.59. The summed E-state index contributed by atoms with van der Waals surface area (Å²) < 4.78 is 10.8. The van der Waals surface area contributed by atoms with E-state index in [1.807, 2.05) is 36.4 Å². The first-order valence-corrected chi connectivity index (χ1v) is 9.10. The fourth-order valence-corrected chi connectivity index (χ4v) is 3.83. The van der Waals surface area contributed by atoms with Crippen LogP contribution in [0.2, 0.25) is 5.02 Å². The SMILES string of the molecule is OC1(c2ccc3c(c2)OCO3)CCN(CCc2ccccc2Cl)CC1. The highest BCUT2D eigenvalue weighted by Gasteiger charge is 2.35. The van der Waals surface area contributed by atoms with E-state index in [2.05, 4.69) is 11.0 Å². The summed E-state index contributed by atoms with van der Waals surface area (Å²) in [5.41, 5.74) is 1.31. The Morgan fingerprint density at radius 3 is 2.60 bits per heavy atom. The first-order valence-electron chi connectivity index (χ1n) is 8.72. The number of piperidine rings is 1. The van der Waals surface area contributed by atoms with Crippen LogP contribution in [0.3, 0.4) is 0 Å². The molecule has 2 heterocycles. The highest BCUT2D eigenvalue weighted by atomic mass is 35.5. The summed E-state index contributed by atoms with van der Waals surface area (Å²) in [6.07, 6.45) is 2.37. The molecule has 1 N–H and O–H groups in total. The summed E-state index contributed by atoms with van der Waals surface area (Å²) in [5.74, 6) is 1.48. The van der Waals surface area contributed by atoms with Crippen molar-refractivity contribution in [3.05, 3.63) is 58.6 Å². The van der Waals surface area contributed by atoms with Crippen LogP contribution < -0.4 is 9.47 Å². The molecule has 0 aromatic heterocycles. The summed E-state index contributed by atoms with van der Waals surface area (Å²) >= 11 is 6.23. The van der Waals surface area contributed by atoms with Gasteiger partial charge in [-0.3, -0.25) is 0 Å². The average Bonchev–Trinajstić information content (AvgIpc) is 3.10. The summed E-state index contributed by atoms with van der Waals surface area (Å²) in [4.78, 5) is 2.39. The van der Waals surface area contributed by atoms with E-state index in [-0.39, 0.29) is 6.79 Å². The van der Waals surface area contributed by atoms with E-state index < -0.39 is 5.60 Å². The molecule has 25 heavy (non-hydrogen) atoms. The van der Waals surface area contributed by atoms with Gasteiger partial charge in [0.1, 0.15) is 0 Å². The zero-order valence-corrected chi connectivity index (χ0v) is 14.8. The lowest BCUT2D eigenvalue weighted by Crippen LogP contribution is -2.43. The topological polar surface area (TPSA) is 41.9 Å². The van der Waals surface area contributed by atoms with Gasteiger partial charge in [-0.1, -0.05) is 35.9 Å². The highest BCUT2D eigenvalue weighted by Crippen LogP contribution is 2.39. The maximum atomic E-state index is 11.1. The third-order valence-electron chi connectivity index (χ3n) is 5.25. The molecule has 5 heteroatoms. The molecule has 0 radical (unpaired) electrons. The molecule has 0 atom stereocenters. The van der Waals surface area contributed by atoms with Crippen molar-refractivity contribution in [1.29, 1.82) is 0 Å². The number of aliphatic hydroxyl groups is 1. The van der Waals surface area contributed by atoms with Crippen molar-refractivity contribution in [3.63, 3.8) is 0 Å².